The first kappa shape index (κ1) is 35.6. The van der Waals surface area contributed by atoms with Gasteiger partial charge in [0, 0.05) is 21.9 Å². The van der Waals surface area contributed by atoms with Gasteiger partial charge in [-0.05, 0) is 69.4 Å². The monoisotopic (exact) mass is 808 g/mol. The Labute approximate surface area is 351 Å². The average molecular weight is 809 g/mol. The highest BCUT2D eigenvalue weighted by molar-refractivity contribution is 7.18. The number of thiophene rings is 2. The van der Waals surface area contributed by atoms with Crippen molar-refractivity contribution in [2.45, 2.75) is 0 Å². The molecule has 0 amide bonds. The Bertz CT molecular complexity index is 3440. The molecule has 6 heterocycles. The Morgan fingerprint density at radius 3 is 1.07 bits per heavy atom. The van der Waals surface area contributed by atoms with Crippen molar-refractivity contribution in [3.63, 3.8) is 0 Å². The van der Waals surface area contributed by atoms with Crippen molar-refractivity contribution in [3.8, 4) is 44.8 Å². The molecule has 6 aromatic heterocycles. The van der Waals surface area contributed by atoms with Gasteiger partial charge in [-0.3, -0.25) is 18.4 Å². The Kier molecular flexibility index (Phi) is 8.73. The smallest absolute Gasteiger partial charge is 0.266 e. The van der Waals surface area contributed by atoms with Crippen LogP contribution in [0.1, 0.15) is 0 Å². The van der Waals surface area contributed by atoms with Gasteiger partial charge in [0.25, 0.3) is 11.1 Å². The highest BCUT2D eigenvalue weighted by Crippen LogP contribution is 2.43. The standard InChI is InChI=1S/2C26H16N2OS/c2*29-26-19-13-7-8-14-21(19)27-25-24-20(15-16-30-24)22(17-9-3-1-4-10-17)23(28(25)26)18-11-5-2-6-12-18/h2*1-16H. The minimum absolute atomic E-state index is 0.0399. The summed E-state index contributed by atoms with van der Waals surface area (Å²) in [4.78, 5) is 37.4. The zero-order valence-electron chi connectivity index (χ0n) is 31.9. The van der Waals surface area contributed by atoms with E-state index in [-0.39, 0.29) is 11.1 Å². The first-order valence-electron chi connectivity index (χ1n) is 19.6. The Hall–Kier alpha value is -7.52. The molecule has 12 rings (SSSR count). The summed E-state index contributed by atoms with van der Waals surface area (Å²) in [5.74, 6) is 0. The molecule has 0 fully saturated rings. The second-order valence-corrected chi connectivity index (χ2v) is 16.3. The van der Waals surface area contributed by atoms with E-state index in [0.717, 1.165) is 76.0 Å². The van der Waals surface area contributed by atoms with Crippen LogP contribution in [0.3, 0.4) is 0 Å². The lowest BCUT2D eigenvalue weighted by Crippen LogP contribution is -2.18. The van der Waals surface area contributed by atoms with Crippen LogP contribution < -0.4 is 11.1 Å². The Balaban J connectivity index is 0.000000136. The highest BCUT2D eigenvalue weighted by Gasteiger charge is 2.23. The van der Waals surface area contributed by atoms with Crippen molar-refractivity contribution in [1.82, 2.24) is 18.8 Å². The third-order valence-electron chi connectivity index (χ3n) is 11.0. The van der Waals surface area contributed by atoms with Gasteiger partial charge in [-0.15, -0.1) is 22.7 Å². The van der Waals surface area contributed by atoms with Gasteiger partial charge >= 0.3 is 0 Å². The van der Waals surface area contributed by atoms with Crippen molar-refractivity contribution >= 4 is 75.9 Å². The molecule has 12 aromatic rings. The van der Waals surface area contributed by atoms with Crippen molar-refractivity contribution in [2.75, 3.05) is 0 Å². The summed E-state index contributed by atoms with van der Waals surface area (Å²) in [6.07, 6.45) is 0. The Morgan fingerprint density at radius 1 is 0.350 bits per heavy atom. The molecule has 0 atom stereocenters. The molecule has 0 saturated heterocycles. The second kappa shape index (κ2) is 14.7. The number of para-hydroxylation sites is 2. The molecule has 284 valence electrons. The first-order valence-corrected chi connectivity index (χ1v) is 21.3. The van der Waals surface area contributed by atoms with Crippen molar-refractivity contribution in [2.24, 2.45) is 0 Å². The largest absolute Gasteiger partial charge is 0.268 e. The maximum Gasteiger partial charge on any atom is 0.266 e. The SMILES string of the molecule is O=c1c2ccccc2nc2c3sccc3c(-c3ccccc3)c(-c3ccccc3)n12.O=c1c2ccccc2nc2c3sccc3c(-c3ccccc3)c(-c3ccccc3)n12. The molecule has 6 aromatic carbocycles. The topological polar surface area (TPSA) is 68.7 Å². The molecular weight excluding hydrogens is 777 g/mol. The number of fused-ring (bicyclic) bond motifs is 8. The summed E-state index contributed by atoms with van der Waals surface area (Å²) in [6.45, 7) is 0. The number of nitrogens with zero attached hydrogens (tertiary/aromatic N) is 4. The molecule has 0 bridgehead atoms. The molecule has 0 unspecified atom stereocenters. The summed E-state index contributed by atoms with van der Waals surface area (Å²) >= 11 is 3.25. The van der Waals surface area contributed by atoms with Crippen LogP contribution in [0.2, 0.25) is 0 Å². The van der Waals surface area contributed by atoms with Crippen molar-refractivity contribution < 1.29 is 0 Å². The van der Waals surface area contributed by atoms with E-state index in [1.807, 2.05) is 121 Å². The molecule has 0 radical (unpaired) electrons. The van der Waals surface area contributed by atoms with E-state index in [1.165, 1.54) is 0 Å². The predicted molar refractivity (Wildman–Crippen MR) is 250 cm³/mol. The molecule has 60 heavy (non-hydrogen) atoms. The van der Waals surface area contributed by atoms with E-state index >= 15 is 0 Å². The fraction of sp³-hybridized carbons (Fsp3) is 0. The van der Waals surface area contributed by atoms with E-state index in [4.69, 9.17) is 9.97 Å². The van der Waals surface area contributed by atoms with Crippen LogP contribution in [-0.2, 0) is 0 Å². The lowest BCUT2D eigenvalue weighted by Gasteiger charge is -2.17. The van der Waals surface area contributed by atoms with E-state index in [2.05, 4.69) is 71.4 Å². The van der Waals surface area contributed by atoms with E-state index in [0.29, 0.717) is 22.1 Å². The molecule has 0 saturated carbocycles. The number of aromatic nitrogens is 4. The number of hydrogen-bond acceptors (Lipinski definition) is 6. The lowest BCUT2D eigenvalue weighted by molar-refractivity contribution is 1.10. The molecule has 0 aliphatic rings. The predicted octanol–water partition coefficient (Wildman–Crippen LogP) is 12.8. The minimum Gasteiger partial charge on any atom is -0.268 e. The van der Waals surface area contributed by atoms with Crippen LogP contribution >= 0.6 is 22.7 Å². The van der Waals surface area contributed by atoms with E-state index < -0.39 is 0 Å². The third kappa shape index (κ3) is 5.76. The number of rotatable bonds is 4. The number of benzene rings is 6. The van der Waals surface area contributed by atoms with Crippen LogP contribution in [0.25, 0.3) is 98.0 Å². The van der Waals surface area contributed by atoms with Gasteiger partial charge in [-0.25, -0.2) is 9.97 Å². The Morgan fingerprint density at radius 2 is 0.683 bits per heavy atom. The molecule has 6 nitrogen and oxygen atoms in total. The second-order valence-electron chi connectivity index (χ2n) is 14.4. The third-order valence-corrected chi connectivity index (χ3v) is 12.8. The fourth-order valence-corrected chi connectivity index (χ4v) is 10.1. The van der Waals surface area contributed by atoms with Gasteiger partial charge in [0.05, 0.1) is 42.6 Å². The molecule has 0 N–H and O–H groups in total. The molecule has 0 spiro atoms. The van der Waals surface area contributed by atoms with Crippen LogP contribution in [0, 0.1) is 0 Å². The van der Waals surface area contributed by atoms with Gasteiger partial charge < -0.3 is 0 Å². The minimum atomic E-state index is -0.0399. The van der Waals surface area contributed by atoms with Crippen LogP contribution in [0.15, 0.2) is 202 Å². The zero-order valence-corrected chi connectivity index (χ0v) is 33.5. The van der Waals surface area contributed by atoms with E-state index in [1.54, 1.807) is 31.5 Å². The number of pyridine rings is 2. The van der Waals surface area contributed by atoms with E-state index in [9.17, 15) is 9.59 Å². The molecule has 0 aliphatic carbocycles. The summed E-state index contributed by atoms with van der Waals surface area (Å²) < 4.78 is 5.66. The fourth-order valence-electron chi connectivity index (χ4n) is 8.36. The van der Waals surface area contributed by atoms with Gasteiger partial charge in [0.15, 0.2) is 11.3 Å². The quantitative estimate of drug-likeness (QED) is 0.166. The van der Waals surface area contributed by atoms with Crippen LogP contribution in [0.4, 0.5) is 0 Å². The van der Waals surface area contributed by atoms with Gasteiger partial charge in [-0.2, -0.15) is 0 Å². The van der Waals surface area contributed by atoms with Crippen LogP contribution in [-0.4, -0.2) is 18.8 Å². The number of hydrogen-bond donors (Lipinski definition) is 0. The summed E-state index contributed by atoms with van der Waals surface area (Å²) in [5.41, 5.74) is 10.8. The summed E-state index contributed by atoms with van der Waals surface area (Å²) in [6, 6.07) is 60.2. The van der Waals surface area contributed by atoms with Crippen molar-refractivity contribution in [3.05, 3.63) is 213 Å². The maximum absolute atomic E-state index is 13.8. The lowest BCUT2D eigenvalue weighted by atomic mass is 9.96. The van der Waals surface area contributed by atoms with Gasteiger partial charge in [0.2, 0.25) is 0 Å². The van der Waals surface area contributed by atoms with Gasteiger partial charge in [-0.1, -0.05) is 146 Å². The molecular formula is C52H32N4O2S2. The normalized spacial score (nSPS) is 11.5. The zero-order chi connectivity index (χ0) is 40.2. The maximum atomic E-state index is 13.8. The highest BCUT2D eigenvalue weighted by atomic mass is 32.1. The first-order chi connectivity index (χ1) is 29.7. The average Bonchev–Trinajstić information content (AvgIpc) is 4.02. The summed E-state index contributed by atoms with van der Waals surface area (Å²) in [7, 11) is 0. The molecule has 0 aliphatic heterocycles. The van der Waals surface area contributed by atoms with Crippen molar-refractivity contribution in [1.29, 1.82) is 0 Å². The summed E-state index contributed by atoms with van der Waals surface area (Å²) in [5, 5.41) is 7.64. The van der Waals surface area contributed by atoms with Crippen LogP contribution in [0.5, 0.6) is 0 Å². The molecule has 8 heteroatoms. The van der Waals surface area contributed by atoms with Gasteiger partial charge in [0.1, 0.15) is 0 Å².